The second-order valence-electron chi connectivity index (χ2n) is 9.59. The van der Waals surface area contributed by atoms with Gasteiger partial charge in [0.05, 0.1) is 36.9 Å². The van der Waals surface area contributed by atoms with Crippen molar-refractivity contribution in [3.05, 3.63) is 34.5 Å². The molecule has 4 N–H and O–H groups in total. The molecule has 0 spiro atoms. The smallest absolute Gasteiger partial charge is 0.226 e. The van der Waals surface area contributed by atoms with Crippen molar-refractivity contribution in [2.45, 2.75) is 38.3 Å². The van der Waals surface area contributed by atoms with Gasteiger partial charge >= 0.3 is 0 Å². The molecule has 2 aromatic heterocycles. The first-order chi connectivity index (χ1) is 17.0. The Morgan fingerprint density at radius 1 is 1.40 bits per heavy atom. The third-order valence-corrected chi connectivity index (χ3v) is 8.91. The third kappa shape index (κ3) is 3.54. The fourth-order valence-corrected chi connectivity index (χ4v) is 7.00. The van der Waals surface area contributed by atoms with Crippen molar-refractivity contribution in [3.63, 3.8) is 0 Å². The number of ether oxygens (including phenoxy) is 2. The highest BCUT2D eigenvalue weighted by Gasteiger charge is 2.48. The average Bonchev–Trinajstić information content (AvgIpc) is 3.53. The van der Waals surface area contributed by atoms with Crippen molar-refractivity contribution >= 4 is 50.9 Å². The first kappa shape index (κ1) is 22.2. The van der Waals surface area contributed by atoms with E-state index in [1.165, 1.54) is 16.7 Å². The number of nitrogen functional groups attached to an aromatic ring is 1. The number of fused-ring (bicyclic) bond motifs is 5. The molecule has 6 rings (SSSR count). The van der Waals surface area contributed by atoms with Crippen molar-refractivity contribution in [3.8, 4) is 5.75 Å². The number of nitrogens with one attached hydrogen (secondary N) is 2. The molecule has 2 saturated heterocycles. The normalized spacial score (nSPS) is 25.0. The minimum absolute atomic E-state index is 0.00109. The van der Waals surface area contributed by atoms with Crippen molar-refractivity contribution in [1.82, 2.24) is 14.9 Å². The van der Waals surface area contributed by atoms with Crippen LogP contribution in [0.4, 0.5) is 17.2 Å². The lowest BCUT2D eigenvalue weighted by molar-refractivity contribution is -0.140. The van der Waals surface area contributed by atoms with Gasteiger partial charge in [-0.3, -0.25) is 4.79 Å². The van der Waals surface area contributed by atoms with Gasteiger partial charge in [-0.1, -0.05) is 6.92 Å². The number of carbonyl (C=O) groups excluding carboxylic acids is 1. The fourth-order valence-electron chi connectivity index (χ4n) is 5.73. The predicted molar refractivity (Wildman–Crippen MR) is 136 cm³/mol. The highest BCUT2D eigenvalue weighted by atomic mass is 32.1. The van der Waals surface area contributed by atoms with Crippen molar-refractivity contribution < 1.29 is 14.3 Å². The molecule has 9 nitrogen and oxygen atoms in total. The number of nitrogens with zero attached hydrogens (tertiary/aromatic N) is 3. The van der Waals surface area contributed by atoms with E-state index in [0.29, 0.717) is 41.0 Å². The summed E-state index contributed by atoms with van der Waals surface area (Å²) in [5.41, 5.74) is 9.01. The Kier molecular flexibility index (Phi) is 5.37. The Morgan fingerprint density at radius 3 is 2.97 bits per heavy atom. The zero-order chi connectivity index (χ0) is 24.3. The van der Waals surface area contributed by atoms with Crippen LogP contribution in [0.15, 0.2) is 18.5 Å². The van der Waals surface area contributed by atoms with E-state index in [1.807, 2.05) is 0 Å². The van der Waals surface area contributed by atoms with Crippen molar-refractivity contribution in [1.29, 1.82) is 5.41 Å². The average molecular weight is 493 g/mol. The number of hydrogen-bond donors (Lipinski definition) is 3. The first-order valence-electron chi connectivity index (χ1n) is 11.9. The second-order valence-corrected chi connectivity index (χ2v) is 10.7. The van der Waals surface area contributed by atoms with Gasteiger partial charge in [0.25, 0.3) is 0 Å². The minimum atomic E-state index is -0.00109. The SMILES string of the molecule is COc1cc(N)c(C=N)cc1Nc1ncnc2sc3c(c12)CCC(C(=O)N1CC2OCC1[C@@H]2C)C3. The maximum atomic E-state index is 13.4. The number of benzene rings is 1. The van der Waals surface area contributed by atoms with Crippen LogP contribution in [0.5, 0.6) is 5.75 Å². The van der Waals surface area contributed by atoms with Gasteiger partial charge in [0.2, 0.25) is 5.91 Å². The Hall–Kier alpha value is -3.24. The second kappa shape index (κ2) is 8.46. The fraction of sp³-hybridized carbons (Fsp3) is 0.440. The van der Waals surface area contributed by atoms with E-state index in [1.54, 1.807) is 36.9 Å². The number of carbonyl (C=O) groups is 1. The molecule has 3 aromatic rings. The van der Waals surface area contributed by atoms with E-state index in [9.17, 15) is 4.79 Å². The van der Waals surface area contributed by atoms with Gasteiger partial charge in [0.15, 0.2) is 0 Å². The number of nitrogens with two attached hydrogens (primary N) is 1. The molecule has 0 saturated carbocycles. The van der Waals surface area contributed by atoms with Crippen molar-refractivity contribution in [2.24, 2.45) is 11.8 Å². The lowest BCUT2D eigenvalue weighted by atomic mass is 9.86. The van der Waals surface area contributed by atoms with Crippen LogP contribution in [-0.2, 0) is 22.4 Å². The van der Waals surface area contributed by atoms with Gasteiger partial charge < -0.3 is 30.8 Å². The summed E-state index contributed by atoms with van der Waals surface area (Å²) in [7, 11) is 1.59. The topological polar surface area (TPSA) is 126 Å². The molecule has 2 fully saturated rings. The molecule has 2 bridgehead atoms. The number of amides is 1. The van der Waals surface area contributed by atoms with Crippen LogP contribution in [0.2, 0.25) is 0 Å². The lowest BCUT2D eigenvalue weighted by Gasteiger charge is -2.32. The summed E-state index contributed by atoms with van der Waals surface area (Å²) in [6.07, 6.45) is 5.33. The maximum absolute atomic E-state index is 13.4. The van der Waals surface area contributed by atoms with E-state index >= 15 is 0 Å². The van der Waals surface area contributed by atoms with Crippen LogP contribution in [-0.4, -0.2) is 59.4 Å². The van der Waals surface area contributed by atoms with Gasteiger partial charge in [-0.25, -0.2) is 9.97 Å². The van der Waals surface area contributed by atoms with Crippen LogP contribution in [0.1, 0.15) is 29.3 Å². The number of likely N-dealkylation sites (tertiary alicyclic amines) is 1. The molecule has 2 aliphatic heterocycles. The monoisotopic (exact) mass is 492 g/mol. The van der Waals surface area contributed by atoms with E-state index in [-0.39, 0.29) is 24.0 Å². The molecule has 1 aliphatic carbocycles. The molecular weight excluding hydrogens is 464 g/mol. The zero-order valence-electron chi connectivity index (χ0n) is 19.7. The predicted octanol–water partition coefficient (Wildman–Crippen LogP) is 3.37. The minimum Gasteiger partial charge on any atom is -0.494 e. The molecule has 3 unspecified atom stereocenters. The number of aromatic nitrogens is 2. The summed E-state index contributed by atoms with van der Waals surface area (Å²) < 4.78 is 11.3. The summed E-state index contributed by atoms with van der Waals surface area (Å²) in [6, 6.07) is 3.72. The summed E-state index contributed by atoms with van der Waals surface area (Å²) in [6.45, 7) is 3.58. The molecule has 1 amide bonds. The van der Waals surface area contributed by atoms with E-state index < -0.39 is 0 Å². The quantitative estimate of drug-likeness (QED) is 0.368. The van der Waals surface area contributed by atoms with Crippen LogP contribution < -0.4 is 15.8 Å². The number of hydrogen-bond acceptors (Lipinski definition) is 9. The van der Waals surface area contributed by atoms with Crippen molar-refractivity contribution in [2.75, 3.05) is 31.3 Å². The number of rotatable bonds is 5. The molecule has 10 heteroatoms. The molecular formula is C25H28N6O3S. The highest BCUT2D eigenvalue weighted by molar-refractivity contribution is 7.19. The molecule has 35 heavy (non-hydrogen) atoms. The molecule has 4 atom stereocenters. The van der Waals surface area contributed by atoms with Gasteiger partial charge in [-0.2, -0.15) is 0 Å². The van der Waals surface area contributed by atoms with Crippen LogP contribution in [0, 0.1) is 17.2 Å². The molecule has 0 radical (unpaired) electrons. The Balaban J connectivity index is 1.30. The maximum Gasteiger partial charge on any atom is 0.226 e. The number of thiophene rings is 1. The van der Waals surface area contributed by atoms with Gasteiger partial charge in [0, 0.05) is 46.8 Å². The summed E-state index contributed by atoms with van der Waals surface area (Å²) in [5.74, 6) is 1.96. The Bertz CT molecular complexity index is 1340. The largest absolute Gasteiger partial charge is 0.494 e. The lowest BCUT2D eigenvalue weighted by Crippen LogP contribution is -2.45. The summed E-state index contributed by atoms with van der Waals surface area (Å²) in [4.78, 5) is 26.7. The Morgan fingerprint density at radius 2 is 2.26 bits per heavy atom. The highest BCUT2D eigenvalue weighted by Crippen LogP contribution is 2.43. The summed E-state index contributed by atoms with van der Waals surface area (Å²) >= 11 is 1.65. The van der Waals surface area contributed by atoms with E-state index in [0.717, 1.165) is 36.0 Å². The number of methoxy groups -OCH3 is 1. The van der Waals surface area contributed by atoms with E-state index in [4.69, 9.17) is 20.6 Å². The van der Waals surface area contributed by atoms with Crippen LogP contribution in [0.3, 0.4) is 0 Å². The molecule has 182 valence electrons. The Labute approximate surface area is 207 Å². The molecule has 4 heterocycles. The third-order valence-electron chi connectivity index (χ3n) is 7.74. The van der Waals surface area contributed by atoms with E-state index in [2.05, 4.69) is 27.1 Å². The number of anilines is 3. The van der Waals surface area contributed by atoms with Gasteiger partial charge in [-0.05, 0) is 30.9 Å². The molecule has 3 aliphatic rings. The zero-order valence-corrected chi connectivity index (χ0v) is 20.5. The first-order valence-corrected chi connectivity index (χ1v) is 12.7. The van der Waals surface area contributed by atoms with Crippen LogP contribution in [0.25, 0.3) is 10.2 Å². The summed E-state index contributed by atoms with van der Waals surface area (Å²) in [5, 5.41) is 12.0. The van der Waals surface area contributed by atoms with Gasteiger partial charge in [-0.15, -0.1) is 11.3 Å². The van der Waals surface area contributed by atoms with Crippen LogP contribution >= 0.6 is 11.3 Å². The molecule has 1 aromatic carbocycles. The number of aryl methyl sites for hydroxylation is 1. The standard InChI is InChI=1S/C25H28N6O3S/c1-12-18-10-34-20(12)9-31(18)25(32)13-3-4-15-21(6-13)35-24-22(15)23(28-11-29-24)30-17-5-14(8-26)16(27)7-19(17)33-2/h5,7-8,11-13,18,20,26H,3-4,6,9-10,27H2,1-2H3,(H,28,29,30)/t12-,13?,18?,20?/m0/s1. The van der Waals surface area contributed by atoms with Gasteiger partial charge in [0.1, 0.15) is 22.7 Å². The number of morpholine rings is 1.